The molecule has 0 aliphatic rings. The molecule has 0 aliphatic carbocycles. The number of hydrogen-bond donors (Lipinski definition) is 0. The van der Waals surface area contributed by atoms with E-state index in [-0.39, 0.29) is 11.9 Å². The predicted molar refractivity (Wildman–Crippen MR) is 206 cm³/mol. The minimum absolute atomic E-state index is 0.148. The van der Waals surface area contributed by atoms with E-state index in [1.165, 1.54) is 114 Å². The Bertz CT molecular complexity index is 601. The van der Waals surface area contributed by atoms with Crippen molar-refractivity contribution < 1.29 is 19.1 Å². The second-order valence-electron chi connectivity index (χ2n) is 12.2. The van der Waals surface area contributed by atoms with E-state index in [1.807, 2.05) is 21.6 Å². The zero-order valence-electron chi connectivity index (χ0n) is 29.7. The van der Waals surface area contributed by atoms with Crippen molar-refractivity contribution in [3.63, 3.8) is 0 Å². The molecule has 0 bridgehead atoms. The average Bonchev–Trinajstić information content (AvgIpc) is 3.02. The first-order valence-corrected chi connectivity index (χ1v) is 23.1. The standard InChI is InChI=1S/C35H70N2O4S4/c1-5-7-9-11-13-15-17-19-30-42-44-32-28-40-34(38)22-26-37(25-21-24-36(3)4)27-23-35(39)41-29-33-45-43-31-20-18-16-14-12-10-8-6-2/h5-33H2,1-4H3. The van der Waals surface area contributed by atoms with Gasteiger partial charge in [0.05, 0.1) is 12.8 Å². The zero-order valence-corrected chi connectivity index (χ0v) is 32.9. The van der Waals surface area contributed by atoms with Gasteiger partial charge in [0, 0.05) is 36.1 Å². The summed E-state index contributed by atoms with van der Waals surface area (Å²) >= 11 is 0. The third-order valence-electron chi connectivity index (χ3n) is 7.53. The van der Waals surface area contributed by atoms with E-state index >= 15 is 0 Å². The second-order valence-corrected chi connectivity index (χ2v) is 17.6. The predicted octanol–water partition coefficient (Wildman–Crippen LogP) is 10.2. The van der Waals surface area contributed by atoms with E-state index in [0.717, 1.165) is 31.0 Å². The number of carbonyl (C=O) groups is 2. The van der Waals surface area contributed by atoms with Gasteiger partial charge in [-0.2, -0.15) is 0 Å². The van der Waals surface area contributed by atoms with Gasteiger partial charge in [-0.25, -0.2) is 0 Å². The molecule has 0 amide bonds. The fraction of sp³-hybridized carbons (Fsp3) is 0.943. The molecule has 0 atom stereocenters. The van der Waals surface area contributed by atoms with Crippen LogP contribution < -0.4 is 0 Å². The summed E-state index contributed by atoms with van der Waals surface area (Å²) in [6.07, 6.45) is 23.3. The summed E-state index contributed by atoms with van der Waals surface area (Å²) in [7, 11) is 11.5. The maximum Gasteiger partial charge on any atom is 0.307 e. The van der Waals surface area contributed by atoms with Gasteiger partial charge in [-0.05, 0) is 46.4 Å². The molecule has 0 spiro atoms. The number of esters is 2. The Morgan fingerprint density at radius 3 is 1.24 bits per heavy atom. The molecule has 0 heterocycles. The van der Waals surface area contributed by atoms with Crippen LogP contribution in [-0.2, 0) is 19.1 Å². The van der Waals surface area contributed by atoms with Crippen molar-refractivity contribution in [2.45, 2.75) is 136 Å². The zero-order chi connectivity index (χ0) is 33.1. The molecule has 10 heteroatoms. The Kier molecular flexibility index (Phi) is 37.3. The summed E-state index contributed by atoms with van der Waals surface area (Å²) in [4.78, 5) is 29.1. The molecule has 0 unspecified atom stereocenters. The van der Waals surface area contributed by atoms with Crippen LogP contribution in [0.5, 0.6) is 0 Å². The monoisotopic (exact) mass is 710 g/mol. The van der Waals surface area contributed by atoms with E-state index < -0.39 is 0 Å². The van der Waals surface area contributed by atoms with Crippen molar-refractivity contribution in [3.05, 3.63) is 0 Å². The third-order valence-corrected chi connectivity index (χ3v) is 12.4. The van der Waals surface area contributed by atoms with Crippen LogP contribution in [0.3, 0.4) is 0 Å². The Morgan fingerprint density at radius 2 is 0.844 bits per heavy atom. The van der Waals surface area contributed by atoms with Crippen LogP contribution in [0.25, 0.3) is 0 Å². The molecular weight excluding hydrogens is 641 g/mol. The van der Waals surface area contributed by atoms with Crippen molar-refractivity contribution in [1.82, 2.24) is 9.80 Å². The van der Waals surface area contributed by atoms with E-state index in [2.05, 4.69) is 37.7 Å². The van der Waals surface area contributed by atoms with Crippen LogP contribution in [0.15, 0.2) is 0 Å². The lowest BCUT2D eigenvalue weighted by atomic mass is 10.1. The number of rotatable bonds is 36. The molecule has 0 aliphatic heterocycles. The van der Waals surface area contributed by atoms with Crippen LogP contribution in [0.1, 0.15) is 136 Å². The number of nitrogens with zero attached hydrogens (tertiary/aromatic N) is 2. The van der Waals surface area contributed by atoms with Gasteiger partial charge < -0.3 is 19.3 Å². The van der Waals surface area contributed by atoms with Gasteiger partial charge in [-0.3, -0.25) is 9.59 Å². The lowest BCUT2D eigenvalue weighted by molar-refractivity contribution is -0.143. The Morgan fingerprint density at radius 1 is 0.467 bits per heavy atom. The molecule has 0 radical (unpaired) electrons. The molecule has 0 fully saturated rings. The number of hydrogen-bond acceptors (Lipinski definition) is 10. The highest BCUT2D eigenvalue weighted by molar-refractivity contribution is 8.77. The van der Waals surface area contributed by atoms with Crippen LogP contribution in [0, 0.1) is 0 Å². The summed E-state index contributed by atoms with van der Waals surface area (Å²) in [5, 5.41) is 0. The molecule has 0 saturated heterocycles. The fourth-order valence-electron chi connectivity index (χ4n) is 4.79. The van der Waals surface area contributed by atoms with E-state index in [9.17, 15) is 9.59 Å². The maximum atomic E-state index is 12.3. The van der Waals surface area contributed by atoms with Gasteiger partial charge in [-0.15, -0.1) is 0 Å². The Hall–Kier alpha value is 0.260. The lowest BCUT2D eigenvalue weighted by Gasteiger charge is -2.22. The van der Waals surface area contributed by atoms with Crippen molar-refractivity contribution in [2.75, 3.05) is 76.5 Å². The quantitative estimate of drug-likeness (QED) is 0.0357. The van der Waals surface area contributed by atoms with E-state index in [1.54, 1.807) is 21.6 Å². The summed E-state index contributed by atoms with van der Waals surface area (Å²) in [6.45, 7) is 8.53. The summed E-state index contributed by atoms with van der Waals surface area (Å²) in [5.74, 6) is 3.73. The molecular formula is C35H70N2O4S4. The van der Waals surface area contributed by atoms with Crippen LogP contribution in [0.4, 0.5) is 0 Å². The molecule has 268 valence electrons. The second kappa shape index (κ2) is 37.1. The third kappa shape index (κ3) is 36.9. The largest absolute Gasteiger partial charge is 0.465 e. The Balaban J connectivity index is 3.88. The van der Waals surface area contributed by atoms with E-state index in [0.29, 0.717) is 39.1 Å². The molecule has 6 nitrogen and oxygen atoms in total. The first-order valence-electron chi connectivity index (χ1n) is 18.2. The van der Waals surface area contributed by atoms with Crippen molar-refractivity contribution in [3.8, 4) is 0 Å². The topological polar surface area (TPSA) is 59.1 Å². The first-order chi connectivity index (χ1) is 22.0. The summed E-state index contributed by atoms with van der Waals surface area (Å²) in [6, 6.07) is 0. The van der Waals surface area contributed by atoms with Gasteiger partial charge in [0.15, 0.2) is 0 Å². The highest BCUT2D eigenvalue weighted by atomic mass is 33.1. The SMILES string of the molecule is CCCCCCCCCCSSCCOC(=O)CCN(CCCN(C)C)CCC(=O)OCCSSCCCCCCCCCC. The highest BCUT2D eigenvalue weighted by Crippen LogP contribution is 2.24. The molecule has 0 saturated carbocycles. The van der Waals surface area contributed by atoms with Crippen LogP contribution in [-0.4, -0.2) is 98.2 Å². The van der Waals surface area contributed by atoms with Crippen molar-refractivity contribution >= 4 is 55.1 Å². The molecule has 0 aromatic heterocycles. The molecule has 0 aromatic rings. The average molecular weight is 711 g/mol. The van der Waals surface area contributed by atoms with Gasteiger partial charge >= 0.3 is 11.9 Å². The van der Waals surface area contributed by atoms with Gasteiger partial charge in [0.2, 0.25) is 0 Å². The lowest BCUT2D eigenvalue weighted by Crippen LogP contribution is -2.32. The number of ether oxygens (including phenoxy) is 2. The van der Waals surface area contributed by atoms with Crippen molar-refractivity contribution in [2.24, 2.45) is 0 Å². The molecule has 0 N–H and O–H groups in total. The van der Waals surface area contributed by atoms with E-state index in [4.69, 9.17) is 9.47 Å². The smallest absolute Gasteiger partial charge is 0.307 e. The Labute approximate surface area is 295 Å². The molecule has 45 heavy (non-hydrogen) atoms. The molecule has 0 aromatic carbocycles. The van der Waals surface area contributed by atoms with Crippen molar-refractivity contribution in [1.29, 1.82) is 0 Å². The summed E-state index contributed by atoms with van der Waals surface area (Å²) < 4.78 is 11.0. The minimum atomic E-state index is -0.148. The normalized spacial score (nSPS) is 11.5. The van der Waals surface area contributed by atoms with Gasteiger partial charge in [0.1, 0.15) is 13.2 Å². The van der Waals surface area contributed by atoms with Gasteiger partial charge in [-0.1, -0.05) is 147 Å². The van der Waals surface area contributed by atoms with Gasteiger partial charge in [0.25, 0.3) is 0 Å². The maximum absolute atomic E-state index is 12.3. The molecule has 0 rings (SSSR count). The minimum Gasteiger partial charge on any atom is -0.465 e. The number of unbranched alkanes of at least 4 members (excludes halogenated alkanes) is 14. The number of carbonyl (C=O) groups excluding carboxylic acids is 2. The first kappa shape index (κ1) is 45.3. The fourth-order valence-corrected chi connectivity index (χ4v) is 8.74. The highest BCUT2D eigenvalue weighted by Gasteiger charge is 2.13. The summed E-state index contributed by atoms with van der Waals surface area (Å²) in [5.41, 5.74) is 0. The van der Waals surface area contributed by atoms with Crippen LogP contribution >= 0.6 is 43.2 Å². The van der Waals surface area contributed by atoms with Crippen LogP contribution in [0.2, 0.25) is 0 Å².